The van der Waals surface area contributed by atoms with E-state index in [-0.39, 0.29) is 11.7 Å². The number of benzene rings is 2. The lowest BCUT2D eigenvalue weighted by atomic mass is 10.1. The number of carbonyl (C=O) groups is 1. The van der Waals surface area contributed by atoms with E-state index in [9.17, 15) is 9.18 Å². The van der Waals surface area contributed by atoms with E-state index < -0.39 is 0 Å². The molecule has 8 heteroatoms. The van der Waals surface area contributed by atoms with Gasteiger partial charge in [0.1, 0.15) is 5.82 Å². The van der Waals surface area contributed by atoms with Gasteiger partial charge in [-0.05, 0) is 18.2 Å². The number of amides is 1. The molecule has 166 valence electrons. The van der Waals surface area contributed by atoms with Crippen molar-refractivity contribution in [1.29, 1.82) is 0 Å². The highest BCUT2D eigenvalue weighted by Gasteiger charge is 2.19. The summed E-state index contributed by atoms with van der Waals surface area (Å²) in [6, 6.07) is 16.0. The Hall–Kier alpha value is -3.36. The number of nitrogens with zero attached hydrogens (tertiary/aromatic N) is 3. The molecule has 7 nitrogen and oxygen atoms in total. The molecule has 1 aliphatic heterocycles. The maximum absolute atomic E-state index is 13.8. The molecule has 2 N–H and O–H groups in total. The third kappa shape index (κ3) is 5.66. The monoisotopic (exact) mass is 435 g/mol. The molecule has 0 aliphatic carbocycles. The van der Waals surface area contributed by atoms with Crippen molar-refractivity contribution in [2.24, 2.45) is 0 Å². The van der Waals surface area contributed by atoms with Gasteiger partial charge in [0.25, 0.3) is 5.91 Å². The fraction of sp³-hybridized carbons (Fsp3) is 0.292. The highest BCUT2D eigenvalue weighted by Crippen LogP contribution is 2.16. The smallest absolute Gasteiger partial charge is 0.259 e. The first-order valence-corrected chi connectivity index (χ1v) is 10.7. The van der Waals surface area contributed by atoms with E-state index in [1.54, 1.807) is 18.3 Å². The van der Waals surface area contributed by atoms with Crippen LogP contribution >= 0.6 is 0 Å². The Labute approximate surface area is 186 Å². The molecule has 1 aliphatic rings. The summed E-state index contributed by atoms with van der Waals surface area (Å²) in [6.45, 7) is 3.61. The molecule has 32 heavy (non-hydrogen) atoms. The van der Waals surface area contributed by atoms with Gasteiger partial charge in [-0.1, -0.05) is 36.4 Å². The topological polar surface area (TPSA) is 79.4 Å². The molecule has 2 heterocycles. The highest BCUT2D eigenvalue weighted by atomic mass is 19.1. The van der Waals surface area contributed by atoms with Crippen LogP contribution in [0, 0.1) is 5.82 Å². The van der Waals surface area contributed by atoms with Crippen LogP contribution in [0.2, 0.25) is 0 Å². The van der Waals surface area contributed by atoms with Crippen LogP contribution in [0.1, 0.15) is 21.6 Å². The van der Waals surface area contributed by atoms with Crippen LogP contribution in [0.5, 0.6) is 0 Å². The van der Waals surface area contributed by atoms with Gasteiger partial charge in [-0.2, -0.15) is 0 Å². The van der Waals surface area contributed by atoms with Crippen LogP contribution in [0.4, 0.5) is 16.0 Å². The van der Waals surface area contributed by atoms with Crippen LogP contribution in [0.25, 0.3) is 0 Å². The second-order valence-corrected chi connectivity index (χ2v) is 7.47. The average Bonchev–Trinajstić information content (AvgIpc) is 2.84. The second kappa shape index (κ2) is 10.8. The summed E-state index contributed by atoms with van der Waals surface area (Å²) < 4.78 is 19.3. The van der Waals surface area contributed by atoms with E-state index in [0.29, 0.717) is 74.3 Å². The number of para-hydroxylation sites is 1. The summed E-state index contributed by atoms with van der Waals surface area (Å²) in [7, 11) is 0. The molecular weight excluding hydrogens is 409 g/mol. The van der Waals surface area contributed by atoms with Gasteiger partial charge in [0.2, 0.25) is 5.95 Å². The quantitative estimate of drug-likeness (QED) is 0.530. The molecule has 1 aromatic heterocycles. The predicted molar refractivity (Wildman–Crippen MR) is 121 cm³/mol. The first-order chi connectivity index (χ1) is 15.7. The Kier molecular flexibility index (Phi) is 7.37. The van der Waals surface area contributed by atoms with Gasteiger partial charge in [-0.15, -0.1) is 0 Å². The molecule has 1 amide bonds. The Morgan fingerprint density at radius 3 is 2.59 bits per heavy atom. The van der Waals surface area contributed by atoms with Crippen molar-refractivity contribution in [3.8, 4) is 0 Å². The molecular formula is C24H26FN5O2. The van der Waals surface area contributed by atoms with Crippen LogP contribution in [0.15, 0.2) is 60.8 Å². The van der Waals surface area contributed by atoms with Gasteiger partial charge in [0.05, 0.1) is 24.5 Å². The first kappa shape index (κ1) is 21.9. The summed E-state index contributed by atoms with van der Waals surface area (Å²) in [5.41, 5.74) is 2.39. The maximum atomic E-state index is 13.8. The number of aromatic nitrogens is 2. The third-order valence-electron chi connectivity index (χ3n) is 5.24. The predicted octanol–water partition coefficient (Wildman–Crippen LogP) is 3.04. The molecule has 0 spiro atoms. The average molecular weight is 436 g/mol. The Morgan fingerprint density at radius 1 is 1.06 bits per heavy atom. The number of nitrogens with one attached hydrogen (secondary N) is 2. The zero-order valence-corrected chi connectivity index (χ0v) is 17.8. The lowest BCUT2D eigenvalue weighted by Gasteiger charge is -2.27. The van der Waals surface area contributed by atoms with Crippen molar-refractivity contribution in [2.45, 2.75) is 13.0 Å². The molecule has 1 saturated heterocycles. The van der Waals surface area contributed by atoms with Crippen molar-refractivity contribution < 1.29 is 13.9 Å². The minimum atomic E-state index is -0.256. The summed E-state index contributed by atoms with van der Waals surface area (Å²) >= 11 is 0. The van der Waals surface area contributed by atoms with Crippen molar-refractivity contribution in [3.63, 3.8) is 0 Å². The highest BCUT2D eigenvalue weighted by molar-refractivity contribution is 6.04. The number of rotatable bonds is 8. The van der Waals surface area contributed by atoms with Gasteiger partial charge in [-0.3, -0.25) is 4.79 Å². The van der Waals surface area contributed by atoms with Crippen molar-refractivity contribution >= 4 is 17.5 Å². The standard InChI is InChI=1S/C24H26FN5O2/c25-21-9-5-4-6-18(21)16-26-11-10-22-20(23(31)28-19-7-2-1-3-8-19)17-27-24(29-22)30-12-14-32-15-13-30/h1-9,17,26H,10-16H2,(H,28,31). The second-order valence-electron chi connectivity index (χ2n) is 7.47. The molecule has 4 rings (SSSR count). The fourth-order valence-electron chi connectivity index (χ4n) is 3.49. The molecule has 1 fully saturated rings. The van der Waals surface area contributed by atoms with Crippen LogP contribution < -0.4 is 15.5 Å². The third-order valence-corrected chi connectivity index (χ3v) is 5.24. The normalized spacial score (nSPS) is 13.7. The zero-order valence-electron chi connectivity index (χ0n) is 17.8. The summed E-state index contributed by atoms with van der Waals surface area (Å²) in [4.78, 5) is 24.1. The lowest BCUT2D eigenvalue weighted by molar-refractivity contribution is 0.102. The molecule has 0 atom stereocenters. The van der Waals surface area contributed by atoms with Crippen molar-refractivity contribution in [3.05, 3.63) is 83.4 Å². The number of morpholine rings is 1. The summed E-state index contributed by atoms with van der Waals surface area (Å²) in [6.07, 6.45) is 2.09. The van der Waals surface area contributed by atoms with E-state index in [2.05, 4.69) is 20.5 Å². The van der Waals surface area contributed by atoms with E-state index in [0.717, 1.165) is 0 Å². The fourth-order valence-corrected chi connectivity index (χ4v) is 3.49. The number of hydrogen-bond donors (Lipinski definition) is 2. The molecule has 3 aromatic rings. The Balaban J connectivity index is 1.48. The maximum Gasteiger partial charge on any atom is 0.259 e. The van der Waals surface area contributed by atoms with E-state index in [1.165, 1.54) is 6.07 Å². The van der Waals surface area contributed by atoms with Gasteiger partial charge in [0.15, 0.2) is 0 Å². The van der Waals surface area contributed by atoms with Crippen molar-refractivity contribution in [1.82, 2.24) is 15.3 Å². The summed E-state index contributed by atoms with van der Waals surface area (Å²) in [5.74, 6) is 0.0991. The van der Waals surface area contributed by atoms with Gasteiger partial charge in [-0.25, -0.2) is 14.4 Å². The SMILES string of the molecule is O=C(Nc1ccccc1)c1cnc(N2CCOCC2)nc1CCNCc1ccccc1F. The zero-order chi connectivity index (χ0) is 22.2. The molecule has 0 radical (unpaired) electrons. The molecule has 0 bridgehead atoms. The number of hydrogen-bond acceptors (Lipinski definition) is 6. The van der Waals surface area contributed by atoms with E-state index >= 15 is 0 Å². The van der Waals surface area contributed by atoms with Crippen LogP contribution in [-0.4, -0.2) is 48.7 Å². The van der Waals surface area contributed by atoms with Gasteiger partial charge >= 0.3 is 0 Å². The van der Waals surface area contributed by atoms with Crippen LogP contribution in [-0.2, 0) is 17.7 Å². The van der Waals surface area contributed by atoms with Crippen LogP contribution in [0.3, 0.4) is 0 Å². The number of halogens is 1. The minimum Gasteiger partial charge on any atom is -0.378 e. The largest absolute Gasteiger partial charge is 0.378 e. The first-order valence-electron chi connectivity index (χ1n) is 10.7. The number of ether oxygens (including phenoxy) is 1. The molecule has 0 unspecified atom stereocenters. The Morgan fingerprint density at radius 2 is 1.81 bits per heavy atom. The number of anilines is 2. The van der Waals surface area contributed by atoms with E-state index in [1.807, 2.05) is 36.4 Å². The minimum absolute atomic E-state index is 0.237. The summed E-state index contributed by atoms with van der Waals surface area (Å²) in [5, 5.41) is 6.14. The molecule has 2 aromatic carbocycles. The van der Waals surface area contributed by atoms with Crippen molar-refractivity contribution in [2.75, 3.05) is 43.1 Å². The number of carbonyl (C=O) groups excluding carboxylic acids is 1. The van der Waals surface area contributed by atoms with Gasteiger partial charge in [0, 0.05) is 50.0 Å². The lowest BCUT2D eigenvalue weighted by Crippen LogP contribution is -2.37. The Bertz CT molecular complexity index is 1040. The molecule has 0 saturated carbocycles. The van der Waals surface area contributed by atoms with Gasteiger partial charge < -0.3 is 20.3 Å². The van der Waals surface area contributed by atoms with E-state index in [4.69, 9.17) is 9.72 Å².